The number of aliphatic hydroxyl groups is 1. The van der Waals surface area contributed by atoms with Gasteiger partial charge in [0, 0.05) is 32.1 Å². The Labute approximate surface area is 90.1 Å². The molecule has 0 aromatic carbocycles. The van der Waals surface area contributed by atoms with Gasteiger partial charge in [0.2, 0.25) is 0 Å². The molecule has 0 aliphatic rings. The quantitative estimate of drug-likeness (QED) is 0.591. The molecule has 0 fully saturated rings. The second kappa shape index (κ2) is 7.39. The van der Waals surface area contributed by atoms with Crippen LogP contribution in [0.1, 0.15) is 6.92 Å². The number of ether oxygens (including phenoxy) is 1. The van der Waals surface area contributed by atoms with Crippen LogP contribution < -0.4 is 5.32 Å². The standard InChI is InChI=1S/C10H19N3O2/c1-2-15-9-10(14)8-11-5-7-13-6-3-4-12-13/h3-4,6,10-11,14H,2,5,7-9H2,1H3. The first-order valence-corrected chi connectivity index (χ1v) is 5.27. The van der Waals surface area contributed by atoms with Crippen LogP contribution in [0.25, 0.3) is 0 Å². The third kappa shape index (κ3) is 5.51. The van der Waals surface area contributed by atoms with Crippen LogP contribution in [0.15, 0.2) is 18.5 Å². The lowest BCUT2D eigenvalue weighted by molar-refractivity contribution is 0.0428. The topological polar surface area (TPSA) is 59.3 Å². The van der Waals surface area contributed by atoms with E-state index in [-0.39, 0.29) is 0 Å². The van der Waals surface area contributed by atoms with E-state index in [4.69, 9.17) is 4.74 Å². The first kappa shape index (κ1) is 12.2. The molecule has 0 radical (unpaired) electrons. The molecular formula is C10H19N3O2. The summed E-state index contributed by atoms with van der Waals surface area (Å²) in [6.45, 7) is 5.12. The summed E-state index contributed by atoms with van der Waals surface area (Å²) in [6, 6.07) is 1.89. The number of hydrogen-bond donors (Lipinski definition) is 2. The minimum atomic E-state index is -0.428. The molecule has 0 saturated heterocycles. The molecule has 0 spiro atoms. The van der Waals surface area contributed by atoms with Crippen molar-refractivity contribution in [1.29, 1.82) is 0 Å². The van der Waals surface area contributed by atoms with Gasteiger partial charge in [-0.3, -0.25) is 4.68 Å². The van der Waals surface area contributed by atoms with E-state index in [1.54, 1.807) is 6.20 Å². The van der Waals surface area contributed by atoms with Gasteiger partial charge in [-0.2, -0.15) is 5.10 Å². The third-order valence-corrected chi connectivity index (χ3v) is 1.97. The fourth-order valence-corrected chi connectivity index (χ4v) is 1.21. The van der Waals surface area contributed by atoms with E-state index in [2.05, 4.69) is 10.4 Å². The SMILES string of the molecule is CCOCC(O)CNCCn1cccn1. The summed E-state index contributed by atoms with van der Waals surface area (Å²) in [7, 11) is 0. The number of hydrogen-bond acceptors (Lipinski definition) is 4. The van der Waals surface area contributed by atoms with Gasteiger partial charge in [-0.25, -0.2) is 0 Å². The van der Waals surface area contributed by atoms with Crippen LogP contribution >= 0.6 is 0 Å². The van der Waals surface area contributed by atoms with E-state index >= 15 is 0 Å². The Morgan fingerprint density at radius 3 is 3.13 bits per heavy atom. The zero-order valence-electron chi connectivity index (χ0n) is 9.09. The van der Waals surface area contributed by atoms with Crippen LogP contribution in [0.2, 0.25) is 0 Å². The molecule has 1 aromatic heterocycles. The van der Waals surface area contributed by atoms with Crippen molar-refractivity contribution in [3.8, 4) is 0 Å². The van der Waals surface area contributed by atoms with Crippen LogP contribution in [0.4, 0.5) is 0 Å². The minimum absolute atomic E-state index is 0.394. The van der Waals surface area contributed by atoms with E-state index in [0.29, 0.717) is 19.8 Å². The molecule has 1 heterocycles. The van der Waals surface area contributed by atoms with Crippen molar-refractivity contribution < 1.29 is 9.84 Å². The van der Waals surface area contributed by atoms with Crippen molar-refractivity contribution in [2.45, 2.75) is 19.6 Å². The van der Waals surface area contributed by atoms with Gasteiger partial charge in [-0.05, 0) is 13.0 Å². The lowest BCUT2D eigenvalue weighted by atomic mass is 10.4. The third-order valence-electron chi connectivity index (χ3n) is 1.97. The van der Waals surface area contributed by atoms with Crippen molar-refractivity contribution in [1.82, 2.24) is 15.1 Å². The molecule has 0 bridgehead atoms. The summed E-state index contributed by atoms with van der Waals surface area (Å²) in [4.78, 5) is 0. The number of rotatable bonds is 8. The Hall–Kier alpha value is -0.910. The van der Waals surface area contributed by atoms with Gasteiger partial charge >= 0.3 is 0 Å². The van der Waals surface area contributed by atoms with Gasteiger partial charge in [0.15, 0.2) is 0 Å². The van der Waals surface area contributed by atoms with Crippen LogP contribution in [-0.4, -0.2) is 47.3 Å². The van der Waals surface area contributed by atoms with Gasteiger partial charge in [0.1, 0.15) is 0 Å². The van der Waals surface area contributed by atoms with E-state index in [0.717, 1.165) is 13.1 Å². The van der Waals surface area contributed by atoms with Crippen molar-refractivity contribution in [3.63, 3.8) is 0 Å². The van der Waals surface area contributed by atoms with Crippen molar-refractivity contribution in [2.75, 3.05) is 26.3 Å². The average molecular weight is 213 g/mol. The maximum atomic E-state index is 9.43. The molecule has 1 aromatic rings. The summed E-state index contributed by atoms with van der Waals surface area (Å²) < 4.78 is 6.94. The molecule has 1 atom stereocenters. The van der Waals surface area contributed by atoms with Crippen molar-refractivity contribution in [2.24, 2.45) is 0 Å². The average Bonchev–Trinajstić information content (AvgIpc) is 2.74. The maximum absolute atomic E-state index is 9.43. The number of aromatic nitrogens is 2. The van der Waals surface area contributed by atoms with Gasteiger partial charge in [-0.15, -0.1) is 0 Å². The molecular weight excluding hydrogens is 194 g/mol. The van der Waals surface area contributed by atoms with Crippen LogP contribution in [-0.2, 0) is 11.3 Å². The fourth-order valence-electron chi connectivity index (χ4n) is 1.21. The highest BCUT2D eigenvalue weighted by molar-refractivity contribution is 4.77. The largest absolute Gasteiger partial charge is 0.389 e. The first-order chi connectivity index (χ1) is 7.33. The predicted molar refractivity (Wildman–Crippen MR) is 57.6 cm³/mol. The van der Waals surface area contributed by atoms with Gasteiger partial charge < -0.3 is 15.2 Å². The highest BCUT2D eigenvalue weighted by Crippen LogP contribution is 1.85. The zero-order chi connectivity index (χ0) is 10.9. The fraction of sp³-hybridized carbons (Fsp3) is 0.700. The van der Waals surface area contributed by atoms with E-state index in [1.165, 1.54) is 0 Å². The molecule has 15 heavy (non-hydrogen) atoms. The summed E-state index contributed by atoms with van der Waals surface area (Å²) in [5.74, 6) is 0. The lowest BCUT2D eigenvalue weighted by Gasteiger charge is -2.11. The zero-order valence-corrected chi connectivity index (χ0v) is 9.09. The number of aliphatic hydroxyl groups excluding tert-OH is 1. The molecule has 0 saturated carbocycles. The second-order valence-electron chi connectivity index (χ2n) is 3.29. The van der Waals surface area contributed by atoms with E-state index < -0.39 is 6.10 Å². The Morgan fingerprint density at radius 2 is 2.47 bits per heavy atom. The van der Waals surface area contributed by atoms with Crippen LogP contribution in [0, 0.1) is 0 Å². The molecule has 5 heteroatoms. The van der Waals surface area contributed by atoms with E-state index in [9.17, 15) is 5.11 Å². The van der Waals surface area contributed by atoms with Crippen molar-refractivity contribution >= 4 is 0 Å². The molecule has 0 aliphatic heterocycles. The number of nitrogens with one attached hydrogen (secondary N) is 1. The predicted octanol–water partition coefficient (Wildman–Crippen LogP) is -0.130. The summed E-state index contributed by atoms with van der Waals surface area (Å²) in [5.41, 5.74) is 0. The molecule has 0 amide bonds. The summed E-state index contributed by atoms with van der Waals surface area (Å²) >= 11 is 0. The Balaban J connectivity index is 1.97. The summed E-state index contributed by atoms with van der Waals surface area (Å²) in [5, 5.41) is 16.6. The lowest BCUT2D eigenvalue weighted by Crippen LogP contribution is -2.32. The monoisotopic (exact) mass is 213 g/mol. The molecule has 1 unspecified atom stereocenters. The second-order valence-corrected chi connectivity index (χ2v) is 3.29. The Kier molecular flexibility index (Phi) is 5.99. The first-order valence-electron chi connectivity index (χ1n) is 5.27. The minimum Gasteiger partial charge on any atom is -0.389 e. The Morgan fingerprint density at radius 1 is 1.60 bits per heavy atom. The van der Waals surface area contributed by atoms with Gasteiger partial charge in [-0.1, -0.05) is 0 Å². The molecule has 2 N–H and O–H groups in total. The normalized spacial score (nSPS) is 12.9. The number of nitrogens with zero attached hydrogens (tertiary/aromatic N) is 2. The highest BCUT2D eigenvalue weighted by Gasteiger charge is 2.02. The maximum Gasteiger partial charge on any atom is 0.0897 e. The smallest absolute Gasteiger partial charge is 0.0897 e. The Bertz CT molecular complexity index is 239. The van der Waals surface area contributed by atoms with Gasteiger partial charge in [0.05, 0.1) is 19.3 Å². The molecule has 0 aliphatic carbocycles. The molecule has 86 valence electrons. The van der Waals surface area contributed by atoms with Crippen LogP contribution in [0.3, 0.4) is 0 Å². The van der Waals surface area contributed by atoms with Crippen molar-refractivity contribution in [3.05, 3.63) is 18.5 Å². The van der Waals surface area contributed by atoms with E-state index in [1.807, 2.05) is 23.9 Å². The van der Waals surface area contributed by atoms with Gasteiger partial charge in [0.25, 0.3) is 0 Å². The molecule has 1 rings (SSSR count). The summed E-state index contributed by atoms with van der Waals surface area (Å²) in [6.07, 6.45) is 3.24. The van der Waals surface area contributed by atoms with Crippen LogP contribution in [0.5, 0.6) is 0 Å². The highest BCUT2D eigenvalue weighted by atomic mass is 16.5. The molecule has 5 nitrogen and oxygen atoms in total.